The first-order valence-electron chi connectivity index (χ1n) is 11.6. The number of methoxy groups -OCH3 is 1. The van der Waals surface area contributed by atoms with Gasteiger partial charge in [0.15, 0.2) is 11.9 Å². The van der Waals surface area contributed by atoms with Gasteiger partial charge in [0.1, 0.15) is 11.5 Å². The maximum atomic E-state index is 12.9. The summed E-state index contributed by atoms with van der Waals surface area (Å²) in [5, 5.41) is 0.0392. The lowest BCUT2D eigenvalue weighted by Gasteiger charge is -2.38. The Bertz CT molecular complexity index is 850. The molecule has 1 aliphatic carbocycles. The molecule has 3 rings (SSSR count). The molecule has 1 aromatic rings. The number of benzene rings is 1. The fourth-order valence-electron chi connectivity index (χ4n) is 3.77. The van der Waals surface area contributed by atoms with E-state index in [1.165, 1.54) is 0 Å². The molecule has 1 heterocycles. The highest BCUT2D eigenvalue weighted by Crippen LogP contribution is 2.40. The van der Waals surface area contributed by atoms with Crippen molar-refractivity contribution in [1.29, 1.82) is 0 Å². The Morgan fingerprint density at radius 3 is 2.47 bits per heavy atom. The molecule has 0 radical (unpaired) electrons. The number of rotatable bonds is 8. The van der Waals surface area contributed by atoms with Gasteiger partial charge in [0, 0.05) is 5.92 Å². The van der Waals surface area contributed by atoms with Crippen LogP contribution in [-0.4, -0.2) is 39.5 Å². The monoisotopic (exact) mass is 458 g/mol. The minimum Gasteiger partial charge on any atom is -0.544 e. The molecule has 1 aromatic carbocycles. The SMILES string of the molecule is CC[C@@H](OCc1ccc(OC)cc1)[C@H]1C[C@H]2C=CC(=O)[C@@H](O1)C(O[Si](C)(C)C(C)(C)C)=C2. The van der Waals surface area contributed by atoms with Crippen LogP contribution in [0.5, 0.6) is 5.75 Å². The van der Waals surface area contributed by atoms with Crippen molar-refractivity contribution >= 4 is 14.1 Å². The van der Waals surface area contributed by atoms with Crippen molar-refractivity contribution in [2.45, 2.75) is 83.6 Å². The van der Waals surface area contributed by atoms with Gasteiger partial charge in [-0.3, -0.25) is 4.79 Å². The molecule has 0 N–H and O–H groups in total. The predicted octanol–water partition coefficient (Wildman–Crippen LogP) is 5.81. The van der Waals surface area contributed by atoms with E-state index in [1.54, 1.807) is 13.2 Å². The molecule has 0 fully saturated rings. The van der Waals surface area contributed by atoms with Gasteiger partial charge in [-0.25, -0.2) is 0 Å². The van der Waals surface area contributed by atoms with E-state index in [0.717, 1.165) is 24.2 Å². The first-order chi connectivity index (χ1) is 15.0. The Balaban J connectivity index is 1.74. The van der Waals surface area contributed by atoms with Crippen LogP contribution < -0.4 is 4.74 Å². The number of carbonyl (C=O) groups excluding carboxylic acids is 1. The Kier molecular flexibility index (Phi) is 7.68. The molecule has 2 bridgehead atoms. The molecular formula is C26H38O5Si. The van der Waals surface area contributed by atoms with E-state index in [0.29, 0.717) is 12.4 Å². The highest BCUT2D eigenvalue weighted by Gasteiger charge is 2.44. The smallest absolute Gasteiger partial charge is 0.250 e. The number of ether oxygens (including phenoxy) is 3. The number of hydrogen-bond donors (Lipinski definition) is 0. The van der Waals surface area contributed by atoms with E-state index in [1.807, 2.05) is 30.3 Å². The van der Waals surface area contributed by atoms with Crippen LogP contribution >= 0.6 is 0 Å². The van der Waals surface area contributed by atoms with Crippen LogP contribution in [0.3, 0.4) is 0 Å². The highest BCUT2D eigenvalue weighted by atomic mass is 28.4. The van der Waals surface area contributed by atoms with E-state index in [-0.39, 0.29) is 28.9 Å². The predicted molar refractivity (Wildman–Crippen MR) is 129 cm³/mol. The fraction of sp³-hybridized carbons (Fsp3) is 0.577. The summed E-state index contributed by atoms with van der Waals surface area (Å²) < 4.78 is 24.5. The van der Waals surface area contributed by atoms with Crippen LogP contribution in [0.1, 0.15) is 46.1 Å². The van der Waals surface area contributed by atoms with Crippen LogP contribution in [0.4, 0.5) is 0 Å². The van der Waals surface area contributed by atoms with E-state index < -0.39 is 14.4 Å². The third kappa shape index (κ3) is 5.72. The fourth-order valence-corrected chi connectivity index (χ4v) is 4.84. The third-order valence-corrected chi connectivity index (χ3v) is 11.2. The number of hydrogen-bond acceptors (Lipinski definition) is 5. The van der Waals surface area contributed by atoms with Gasteiger partial charge in [-0.1, -0.05) is 45.9 Å². The summed E-state index contributed by atoms with van der Waals surface area (Å²) in [6, 6.07) is 7.88. The Morgan fingerprint density at radius 1 is 1.19 bits per heavy atom. The van der Waals surface area contributed by atoms with Crippen molar-refractivity contribution < 1.29 is 23.4 Å². The van der Waals surface area contributed by atoms with Crippen molar-refractivity contribution in [1.82, 2.24) is 0 Å². The molecule has 6 heteroatoms. The molecule has 0 spiro atoms. The van der Waals surface area contributed by atoms with Crippen LogP contribution in [0.2, 0.25) is 18.1 Å². The molecule has 32 heavy (non-hydrogen) atoms. The van der Waals surface area contributed by atoms with Crippen LogP contribution in [-0.2, 0) is 25.3 Å². The lowest BCUT2D eigenvalue weighted by Crippen LogP contribution is -2.44. The Hall–Kier alpha value is -1.89. The van der Waals surface area contributed by atoms with E-state index in [4.69, 9.17) is 18.6 Å². The Morgan fingerprint density at radius 2 is 1.88 bits per heavy atom. The van der Waals surface area contributed by atoms with Gasteiger partial charge in [-0.05, 0) is 60.8 Å². The summed E-state index contributed by atoms with van der Waals surface area (Å²) >= 11 is 0. The topological polar surface area (TPSA) is 54.0 Å². The van der Waals surface area contributed by atoms with Gasteiger partial charge >= 0.3 is 0 Å². The van der Waals surface area contributed by atoms with Gasteiger partial charge in [-0.2, -0.15) is 0 Å². The van der Waals surface area contributed by atoms with Crippen molar-refractivity contribution in [3.8, 4) is 5.75 Å². The summed E-state index contributed by atoms with van der Waals surface area (Å²) in [6.45, 7) is 13.6. The van der Waals surface area contributed by atoms with Gasteiger partial charge in [0.05, 0.1) is 25.9 Å². The number of ketones is 1. The summed E-state index contributed by atoms with van der Waals surface area (Å²) in [6.07, 6.45) is 6.33. The zero-order chi connectivity index (χ0) is 23.5. The number of allylic oxidation sites excluding steroid dienone is 2. The zero-order valence-corrected chi connectivity index (χ0v) is 21.5. The molecule has 0 aromatic heterocycles. The van der Waals surface area contributed by atoms with E-state index in [9.17, 15) is 4.79 Å². The molecule has 0 saturated carbocycles. The molecule has 0 amide bonds. The first kappa shape index (κ1) is 24.7. The largest absolute Gasteiger partial charge is 0.544 e. The van der Waals surface area contributed by atoms with Gasteiger partial charge in [-0.15, -0.1) is 0 Å². The van der Waals surface area contributed by atoms with E-state index in [2.05, 4.69) is 46.9 Å². The first-order valence-corrected chi connectivity index (χ1v) is 14.5. The summed E-state index contributed by atoms with van der Waals surface area (Å²) in [5.41, 5.74) is 1.08. The second kappa shape index (κ2) is 9.94. The third-order valence-electron chi connectivity index (χ3n) is 6.84. The molecule has 176 valence electrons. The molecule has 2 aliphatic rings. The molecule has 5 nitrogen and oxygen atoms in total. The van der Waals surface area contributed by atoms with Crippen molar-refractivity contribution in [2.24, 2.45) is 5.92 Å². The van der Waals surface area contributed by atoms with Gasteiger partial charge in [0.2, 0.25) is 8.32 Å². The minimum atomic E-state index is -2.10. The van der Waals surface area contributed by atoms with Crippen molar-refractivity contribution in [2.75, 3.05) is 7.11 Å². The molecular weight excluding hydrogens is 420 g/mol. The van der Waals surface area contributed by atoms with Gasteiger partial charge in [0.25, 0.3) is 0 Å². The van der Waals surface area contributed by atoms with Crippen LogP contribution in [0.15, 0.2) is 48.3 Å². The molecule has 1 aliphatic heterocycles. The van der Waals surface area contributed by atoms with Crippen molar-refractivity contribution in [3.63, 3.8) is 0 Å². The molecule has 0 unspecified atom stereocenters. The number of fused-ring (bicyclic) bond motifs is 2. The quantitative estimate of drug-likeness (QED) is 0.460. The second-order valence-corrected chi connectivity index (χ2v) is 15.0. The standard InChI is InChI=1S/C26H38O5Si/c1-8-22(29-17-18-9-12-20(28-5)13-10-18)23-15-19-11-14-21(27)25(30-23)24(16-19)31-32(6,7)26(2,3)4/h9-14,16,19,22-23,25H,8,15,17H2,1-7H3/t19-,22-,23-,25-/m1/s1. The summed E-state index contributed by atoms with van der Waals surface area (Å²) in [4.78, 5) is 12.9. The normalized spacial score (nSPS) is 24.5. The second-order valence-electron chi connectivity index (χ2n) is 10.3. The summed E-state index contributed by atoms with van der Waals surface area (Å²) in [5.74, 6) is 1.55. The average molecular weight is 459 g/mol. The molecule has 0 saturated heterocycles. The lowest BCUT2D eigenvalue weighted by atomic mass is 9.96. The summed E-state index contributed by atoms with van der Waals surface area (Å²) in [7, 11) is -0.440. The van der Waals surface area contributed by atoms with E-state index >= 15 is 0 Å². The minimum absolute atomic E-state index is 0.0392. The molecule has 4 atom stereocenters. The van der Waals surface area contributed by atoms with Crippen molar-refractivity contribution in [3.05, 3.63) is 53.8 Å². The number of carbonyl (C=O) groups is 1. The van der Waals surface area contributed by atoms with Crippen LogP contribution in [0, 0.1) is 5.92 Å². The maximum absolute atomic E-state index is 12.9. The van der Waals surface area contributed by atoms with Gasteiger partial charge < -0.3 is 18.6 Å². The lowest BCUT2D eigenvalue weighted by molar-refractivity contribution is -0.140. The zero-order valence-electron chi connectivity index (χ0n) is 20.5. The Labute approximate surface area is 193 Å². The maximum Gasteiger partial charge on any atom is 0.250 e. The van der Waals surface area contributed by atoms with Crippen LogP contribution in [0.25, 0.3) is 0 Å². The highest BCUT2D eigenvalue weighted by molar-refractivity contribution is 6.74. The average Bonchev–Trinajstić information content (AvgIpc) is 2.98.